The predicted octanol–water partition coefficient (Wildman–Crippen LogP) is 21.9. The number of benzene rings is 6. The van der Waals surface area contributed by atoms with Crippen LogP contribution in [0.15, 0.2) is 213 Å². The van der Waals surface area contributed by atoms with Crippen LogP contribution in [0.4, 0.5) is 34.1 Å². The molecule has 4 aromatic heterocycles. The van der Waals surface area contributed by atoms with Crippen molar-refractivity contribution >= 4 is 99.2 Å². The molecule has 10 nitrogen and oxygen atoms in total. The van der Waals surface area contributed by atoms with Gasteiger partial charge >= 0.3 is 25.4 Å². The van der Waals surface area contributed by atoms with Crippen molar-refractivity contribution in [2.75, 3.05) is 9.80 Å². The second-order valence-electron chi connectivity index (χ2n) is 22.1. The quantitative estimate of drug-likeness (QED) is 0.0317. The number of isothiocyanates is 2. The monoisotopic (exact) mass is 1330 g/mol. The molecule has 1 N–H and O–H groups in total. The van der Waals surface area contributed by atoms with Gasteiger partial charge in [-0.3, -0.25) is 9.97 Å². The summed E-state index contributed by atoms with van der Waals surface area (Å²) < 4.78 is 0. The van der Waals surface area contributed by atoms with Crippen LogP contribution in [-0.4, -0.2) is 41.3 Å². The van der Waals surface area contributed by atoms with Crippen molar-refractivity contribution in [1.29, 1.82) is 0 Å². The number of anilines is 6. The van der Waals surface area contributed by atoms with Crippen molar-refractivity contribution in [3.8, 4) is 34.2 Å². The number of aromatic nitrogens is 4. The molecule has 0 unspecified atom stereocenters. The maximum atomic E-state index is 11.9. The van der Waals surface area contributed by atoms with Crippen LogP contribution < -0.4 is 9.80 Å². The molecule has 0 aliphatic carbocycles. The van der Waals surface area contributed by atoms with E-state index in [0.29, 0.717) is 34.2 Å². The predicted molar refractivity (Wildman–Crippen MR) is 387 cm³/mol. The molecular weight excluding hydrogens is 1260 g/mol. The third-order valence-corrected chi connectivity index (χ3v) is 15.5. The largest absolute Gasteiger partial charge is 2.00 e. The molecule has 6 aromatic carbocycles. The average Bonchev–Trinajstić information content (AvgIpc) is 1.20. The number of rotatable bonds is 26. The molecule has 10 aromatic rings. The average molecular weight is 1330 g/mol. The van der Waals surface area contributed by atoms with Gasteiger partial charge in [0.1, 0.15) is 0 Å². The fraction of sp³-hybridized carbons (Fsp3) is 0.203. The number of thiocarbonyl (C=S) groups is 2. The molecule has 13 heteroatoms. The molecule has 4 heterocycles. The summed E-state index contributed by atoms with van der Waals surface area (Å²) in [5, 5.41) is 26.7. The Bertz CT molecular complexity index is 3960. The van der Waals surface area contributed by atoms with Crippen LogP contribution in [0.3, 0.4) is 0 Å². The van der Waals surface area contributed by atoms with Gasteiger partial charge in [-0.05, 0) is 217 Å². The fourth-order valence-corrected chi connectivity index (χ4v) is 10.5. The molecule has 0 spiro atoms. The number of carboxylic acid groups (broad SMARTS) is 1. The first-order chi connectivity index (χ1) is 44.6. The molecule has 0 atom stereocenters. The van der Waals surface area contributed by atoms with Gasteiger partial charge in [0.05, 0.1) is 39.7 Å². The van der Waals surface area contributed by atoms with Gasteiger partial charge in [-0.15, -0.1) is 0 Å². The van der Waals surface area contributed by atoms with Crippen molar-refractivity contribution in [1.82, 2.24) is 19.9 Å². The van der Waals surface area contributed by atoms with Crippen molar-refractivity contribution in [2.24, 2.45) is 0 Å². The van der Waals surface area contributed by atoms with Gasteiger partial charge in [0.15, 0.2) is 0 Å². The van der Waals surface area contributed by atoms with Crippen LogP contribution in [-0.2, 0) is 45.2 Å². The van der Waals surface area contributed by atoms with Gasteiger partial charge in [-0.1, -0.05) is 181 Å². The summed E-state index contributed by atoms with van der Waals surface area (Å²) in [6.07, 6.45) is 25.6. The van der Waals surface area contributed by atoms with Gasteiger partial charge in [-0.2, -0.15) is 10.3 Å². The normalized spacial score (nSPS) is 10.7. The van der Waals surface area contributed by atoms with Gasteiger partial charge < -0.3 is 25.7 Å². The van der Waals surface area contributed by atoms with Crippen LogP contribution in [0, 0.1) is 0 Å². The van der Waals surface area contributed by atoms with E-state index in [1.807, 2.05) is 36.5 Å². The standard InChI is InChI=1S/C77H76N6O2.2CNS.Ru/c1-5-9-14-56-24-36-65(37-25-56)82(66-38-26-57(27-39-66)15-10-6-2)69-44-32-60(33-45-69)20-22-62-48-50-78-73(52-62)76-54-63(53-75(81-76)72-19-13-18-71(80-72)74-55-64(77(84)85)49-51-79-74)23-21-61-34-46-70(47-35-61)83(67-40-28-58(29-41-67)16-11-7-3)68-42-30-59(31-43-68)17-12-8-4;2*2-1-3;/h13,18-55H,5-12,14-17H2,1-4H3,(H,84,85);;;/q;2*-1;+2/b22-20+,23-21+;;;. The summed E-state index contributed by atoms with van der Waals surface area (Å²) in [7, 11) is 0. The summed E-state index contributed by atoms with van der Waals surface area (Å²) in [4.78, 5) is 36.1. The van der Waals surface area contributed by atoms with E-state index in [1.54, 1.807) is 6.07 Å². The van der Waals surface area contributed by atoms with Crippen LogP contribution in [0.2, 0.25) is 0 Å². The molecule has 10 rings (SSSR count). The Morgan fingerprint density at radius 1 is 0.402 bits per heavy atom. The number of unbranched alkanes of at least 4 members (excludes halogenated alkanes) is 4. The van der Waals surface area contributed by atoms with E-state index in [1.165, 1.54) is 96.2 Å². The number of pyridine rings is 4. The molecule has 0 fully saturated rings. The molecule has 0 amide bonds. The Balaban J connectivity index is 0.00000165. The van der Waals surface area contributed by atoms with E-state index in [2.05, 4.69) is 249 Å². The van der Waals surface area contributed by atoms with E-state index >= 15 is 0 Å². The molecule has 464 valence electrons. The summed E-state index contributed by atoms with van der Waals surface area (Å²) in [6, 6.07) is 70.4. The minimum atomic E-state index is -1.03. The van der Waals surface area contributed by atoms with Crippen LogP contribution in [0.5, 0.6) is 0 Å². The topological polar surface area (TPSA) is 140 Å². The number of aromatic carboxylic acids is 1. The Kier molecular flexibility index (Phi) is 28.3. The minimum Gasteiger partial charge on any atom is -0.753 e. The van der Waals surface area contributed by atoms with Crippen LogP contribution in [0.25, 0.3) is 69.3 Å². The van der Waals surface area contributed by atoms with E-state index < -0.39 is 5.97 Å². The third-order valence-electron chi connectivity index (χ3n) is 15.5. The van der Waals surface area contributed by atoms with E-state index in [-0.39, 0.29) is 25.0 Å². The number of carboxylic acids is 1. The van der Waals surface area contributed by atoms with Gasteiger partial charge in [0.2, 0.25) is 0 Å². The van der Waals surface area contributed by atoms with Gasteiger partial charge in [-0.25, -0.2) is 14.8 Å². The summed E-state index contributed by atoms with van der Waals surface area (Å²) in [6.45, 7) is 8.96. The Hall–Kier alpha value is -9.31. The number of nitrogens with zero attached hydrogens (tertiary/aromatic N) is 8. The maximum absolute atomic E-state index is 11.9. The van der Waals surface area contributed by atoms with Crippen molar-refractivity contribution in [3.05, 3.63) is 273 Å². The Morgan fingerprint density at radius 3 is 1.07 bits per heavy atom. The molecule has 0 aliphatic heterocycles. The molecule has 0 radical (unpaired) electrons. The van der Waals surface area contributed by atoms with Crippen molar-refractivity contribution < 1.29 is 29.4 Å². The zero-order valence-electron chi connectivity index (χ0n) is 52.6. The first-order valence-corrected chi connectivity index (χ1v) is 32.1. The molecule has 0 aliphatic rings. The van der Waals surface area contributed by atoms with Crippen LogP contribution >= 0.6 is 24.4 Å². The first kappa shape index (κ1) is 70.2. The molecule has 92 heavy (non-hydrogen) atoms. The number of aryl methyl sites for hydroxylation is 4. The van der Waals surface area contributed by atoms with Gasteiger partial charge in [0.25, 0.3) is 0 Å². The first-order valence-electron chi connectivity index (χ1n) is 31.3. The molecular formula is C79H76N8O2RuS2. The number of hydrogen-bond donors (Lipinski definition) is 1. The van der Waals surface area contributed by atoms with Crippen LogP contribution in [0.1, 0.15) is 134 Å². The zero-order chi connectivity index (χ0) is 64.2. The second-order valence-corrected chi connectivity index (χ2v) is 22.4. The third kappa shape index (κ3) is 20.4. The number of carbonyl (C=O) groups is 1. The second kappa shape index (κ2) is 37.1. The summed E-state index contributed by atoms with van der Waals surface area (Å²) >= 11 is 7.40. The zero-order valence-corrected chi connectivity index (χ0v) is 56.0. The van der Waals surface area contributed by atoms with Gasteiger partial charge in [0, 0.05) is 46.5 Å². The smallest absolute Gasteiger partial charge is 0.753 e. The molecule has 0 bridgehead atoms. The number of hydrogen-bond acceptors (Lipinski definition) is 9. The van der Waals surface area contributed by atoms with E-state index in [0.717, 1.165) is 82.1 Å². The fourth-order valence-electron chi connectivity index (χ4n) is 10.5. The van der Waals surface area contributed by atoms with E-state index in [9.17, 15) is 9.90 Å². The SMILES string of the molecule is CCCCc1ccc(N(c2ccc(/C=C/c3ccnc(-c4cc(/C=C/c5ccc(N(c6ccc(CCCC)cc6)c6ccc(CCCC)cc6)cc5)cc(-c5cccc(-c6cc(C(=O)O)ccn6)n5)n4)c3)cc2)c2ccc(CCCC)cc2)cc1.[N-]=C=S.[N-]=C=S.[Ru+2]. The van der Waals surface area contributed by atoms with E-state index in [4.69, 9.17) is 25.8 Å². The summed E-state index contributed by atoms with van der Waals surface area (Å²) in [5.41, 5.74) is 19.9. The minimum absolute atomic E-state index is 0. The molecule has 0 saturated heterocycles. The summed E-state index contributed by atoms with van der Waals surface area (Å²) in [5.74, 6) is -1.03. The Morgan fingerprint density at radius 2 is 0.696 bits per heavy atom. The van der Waals surface area contributed by atoms with Crippen molar-refractivity contribution in [3.63, 3.8) is 0 Å². The molecule has 0 saturated carbocycles. The van der Waals surface area contributed by atoms with Crippen molar-refractivity contribution in [2.45, 2.75) is 105 Å². The maximum Gasteiger partial charge on any atom is 2.00 e. The Labute approximate surface area is 566 Å².